The molecule has 0 bridgehead atoms. The van der Waals surface area contributed by atoms with Gasteiger partial charge in [-0.2, -0.15) is 26.3 Å². The number of benzene rings is 6. The molecule has 0 aromatic heterocycles. The Hall–Kier alpha value is -6.26. The van der Waals surface area contributed by atoms with Crippen molar-refractivity contribution >= 4 is 37.1 Å². The van der Waals surface area contributed by atoms with Crippen LogP contribution in [0, 0.1) is 13.8 Å². The molecule has 61 heavy (non-hydrogen) atoms. The molecule has 6 rings (SSSR count). The van der Waals surface area contributed by atoms with Crippen molar-refractivity contribution in [3.05, 3.63) is 172 Å². The van der Waals surface area contributed by atoms with E-state index < -0.39 is 49.1 Å². The lowest BCUT2D eigenvalue weighted by molar-refractivity contribution is -0.137. The first-order valence-electron chi connectivity index (χ1n) is 17.9. The lowest BCUT2D eigenvalue weighted by Gasteiger charge is -2.15. The second-order valence-corrected chi connectivity index (χ2v) is 17.8. The summed E-state index contributed by atoms with van der Waals surface area (Å²) in [6.45, 7) is 3.26. The summed E-state index contributed by atoms with van der Waals surface area (Å²) >= 11 is 0. The number of Topliss-reactive ketones (excluding diaryl/α,β-unsaturated/α-hetero) is 1. The largest absolute Gasteiger partial charge is 0.478 e. The molecule has 0 atom stereocenters. The fourth-order valence-corrected chi connectivity index (χ4v) is 7.29. The minimum atomic E-state index is -4.48. The van der Waals surface area contributed by atoms with Crippen LogP contribution in [0.4, 0.5) is 32.0 Å². The lowest BCUT2D eigenvalue weighted by Crippen LogP contribution is -2.08. The average Bonchev–Trinajstić information content (AvgIpc) is 3.17. The van der Waals surface area contributed by atoms with Gasteiger partial charge < -0.3 is 10.8 Å². The standard InChI is InChI=1S/C23H19F3O3S.C15H11F3O2.C7H9NO2S/c1-15-13-17(22(27)14-16-7-10-18(11-8-16)30(2,28)29)9-12-19(15)20-5-3-4-6-21(20)23(24,25)26;1-9-8-10(14(19)20)6-7-11(9)12-4-2-3-5-13(12)15(16,17)18;1-11(9,10)7-4-2-6(8)3-5-7/h3-13H,14H2,1-2H3;2-8H,1H3,(H,19,20);2-5H,8H2,1H3. The highest BCUT2D eigenvalue weighted by atomic mass is 32.2. The minimum Gasteiger partial charge on any atom is -0.478 e. The number of nitrogen functional groups attached to an aromatic ring is 1. The van der Waals surface area contributed by atoms with Gasteiger partial charge in [-0.3, -0.25) is 4.79 Å². The second-order valence-electron chi connectivity index (χ2n) is 13.8. The van der Waals surface area contributed by atoms with Gasteiger partial charge in [0.15, 0.2) is 25.5 Å². The van der Waals surface area contributed by atoms with E-state index in [1.807, 2.05) is 0 Å². The van der Waals surface area contributed by atoms with Crippen LogP contribution in [0.3, 0.4) is 0 Å². The van der Waals surface area contributed by atoms with Crippen LogP contribution in [0.15, 0.2) is 143 Å². The molecule has 0 radical (unpaired) electrons. The van der Waals surface area contributed by atoms with Gasteiger partial charge in [-0.05, 0) is 120 Å². The molecule has 6 aromatic carbocycles. The molecule has 0 saturated carbocycles. The maximum Gasteiger partial charge on any atom is 0.417 e. The molecule has 8 nitrogen and oxygen atoms in total. The van der Waals surface area contributed by atoms with Crippen molar-refractivity contribution in [2.24, 2.45) is 0 Å². The molecule has 0 saturated heterocycles. The Labute approximate surface area is 349 Å². The summed E-state index contributed by atoms with van der Waals surface area (Å²) in [5.74, 6) is -1.32. The number of carboxylic acid groups (broad SMARTS) is 1. The summed E-state index contributed by atoms with van der Waals surface area (Å²) in [4.78, 5) is 23.9. The molecule has 0 heterocycles. The molecule has 0 spiro atoms. The number of carbonyl (C=O) groups is 2. The minimum absolute atomic E-state index is 0.0504. The molecular weight excluding hydrogens is 845 g/mol. The number of anilines is 1. The van der Waals surface area contributed by atoms with E-state index in [1.165, 1.54) is 91.2 Å². The van der Waals surface area contributed by atoms with Gasteiger partial charge in [0, 0.05) is 30.2 Å². The van der Waals surface area contributed by atoms with Crippen LogP contribution < -0.4 is 5.73 Å². The highest BCUT2D eigenvalue weighted by Crippen LogP contribution is 2.39. The molecule has 320 valence electrons. The smallest absolute Gasteiger partial charge is 0.417 e. The number of aryl methyl sites for hydroxylation is 2. The number of ketones is 1. The van der Waals surface area contributed by atoms with Crippen LogP contribution >= 0.6 is 0 Å². The molecular formula is C45H39F6NO7S2. The third-order valence-corrected chi connectivity index (χ3v) is 11.3. The second kappa shape index (κ2) is 19.0. The van der Waals surface area contributed by atoms with Crippen LogP contribution in [-0.2, 0) is 38.4 Å². The number of nitrogens with two attached hydrogens (primary N) is 1. The Morgan fingerprint density at radius 3 is 1.30 bits per heavy atom. The number of carboxylic acids is 1. The summed E-state index contributed by atoms with van der Waals surface area (Å²) in [5, 5.41) is 8.87. The maximum atomic E-state index is 13.3. The van der Waals surface area contributed by atoms with Gasteiger partial charge in [0.1, 0.15) is 0 Å². The molecule has 3 N–H and O–H groups in total. The monoisotopic (exact) mass is 883 g/mol. The molecule has 6 aromatic rings. The number of halogens is 6. The number of carbonyl (C=O) groups excluding carboxylic acids is 1. The Kier molecular flexibility index (Phi) is 14.8. The SMILES string of the molecule is CS(=O)(=O)c1ccc(N)cc1.Cc1cc(C(=O)Cc2ccc(S(C)(=O)=O)cc2)ccc1-c1ccccc1C(F)(F)F.Cc1cc(C(=O)O)ccc1-c1ccccc1C(F)(F)F. The van der Waals surface area contributed by atoms with E-state index in [1.54, 1.807) is 50.2 Å². The highest BCUT2D eigenvalue weighted by molar-refractivity contribution is 7.91. The number of hydrogen-bond acceptors (Lipinski definition) is 7. The van der Waals surface area contributed by atoms with Crippen LogP contribution in [-0.4, -0.2) is 46.2 Å². The molecule has 16 heteroatoms. The third kappa shape index (κ3) is 12.9. The number of aromatic carboxylic acids is 1. The average molecular weight is 884 g/mol. The predicted molar refractivity (Wildman–Crippen MR) is 222 cm³/mol. The number of alkyl halides is 6. The number of hydrogen-bond donors (Lipinski definition) is 2. The lowest BCUT2D eigenvalue weighted by atomic mass is 9.92. The highest BCUT2D eigenvalue weighted by Gasteiger charge is 2.34. The first-order valence-corrected chi connectivity index (χ1v) is 21.7. The summed E-state index contributed by atoms with van der Waals surface area (Å²) in [5.41, 5.74) is 7.53. The van der Waals surface area contributed by atoms with Crippen molar-refractivity contribution in [2.45, 2.75) is 42.4 Å². The van der Waals surface area contributed by atoms with E-state index >= 15 is 0 Å². The van der Waals surface area contributed by atoms with Crippen molar-refractivity contribution in [3.63, 3.8) is 0 Å². The summed E-state index contributed by atoms with van der Waals surface area (Å²) in [7, 11) is -6.39. The zero-order chi connectivity index (χ0) is 45.5. The van der Waals surface area contributed by atoms with Gasteiger partial charge in [0.2, 0.25) is 0 Å². The third-order valence-electron chi connectivity index (χ3n) is 9.09. The van der Waals surface area contributed by atoms with Crippen molar-refractivity contribution < 1.29 is 57.9 Å². The number of sulfone groups is 2. The van der Waals surface area contributed by atoms with E-state index in [0.717, 1.165) is 18.4 Å². The quantitative estimate of drug-likeness (QED) is 0.0872. The Morgan fingerprint density at radius 2 is 0.918 bits per heavy atom. The van der Waals surface area contributed by atoms with E-state index in [9.17, 15) is 52.8 Å². The normalized spacial score (nSPS) is 11.7. The van der Waals surface area contributed by atoms with E-state index in [2.05, 4.69) is 0 Å². The zero-order valence-electron chi connectivity index (χ0n) is 33.0. The van der Waals surface area contributed by atoms with Gasteiger partial charge >= 0.3 is 18.3 Å². The first kappa shape index (κ1) is 47.4. The summed E-state index contributed by atoms with van der Waals surface area (Å²) in [6.07, 6.45) is -6.60. The van der Waals surface area contributed by atoms with Gasteiger partial charge in [0.25, 0.3) is 0 Å². The van der Waals surface area contributed by atoms with Crippen molar-refractivity contribution in [2.75, 3.05) is 18.2 Å². The van der Waals surface area contributed by atoms with Crippen LogP contribution in [0.2, 0.25) is 0 Å². The fourth-order valence-electron chi connectivity index (χ4n) is 6.03. The maximum absolute atomic E-state index is 13.3. The summed E-state index contributed by atoms with van der Waals surface area (Å²) < 4.78 is 124. The van der Waals surface area contributed by atoms with Crippen molar-refractivity contribution in [1.82, 2.24) is 0 Å². The van der Waals surface area contributed by atoms with Gasteiger partial charge in [-0.15, -0.1) is 0 Å². The predicted octanol–water partition coefficient (Wildman–Crippen LogP) is 10.6. The molecule has 0 fully saturated rings. The van der Waals surface area contributed by atoms with Crippen molar-refractivity contribution in [3.8, 4) is 22.3 Å². The zero-order valence-corrected chi connectivity index (χ0v) is 34.6. The Bertz CT molecular complexity index is 2770. The Balaban J connectivity index is 0.000000226. The van der Waals surface area contributed by atoms with Gasteiger partial charge in [-0.1, -0.05) is 66.7 Å². The van der Waals surface area contributed by atoms with E-state index in [0.29, 0.717) is 44.0 Å². The van der Waals surface area contributed by atoms with E-state index in [4.69, 9.17) is 10.8 Å². The molecule has 0 aliphatic carbocycles. The topological polar surface area (TPSA) is 149 Å². The molecule has 0 aliphatic heterocycles. The summed E-state index contributed by atoms with van der Waals surface area (Å²) in [6, 6.07) is 31.4. The molecule has 0 unspecified atom stereocenters. The van der Waals surface area contributed by atoms with Crippen LogP contribution in [0.25, 0.3) is 22.3 Å². The first-order chi connectivity index (χ1) is 28.3. The van der Waals surface area contributed by atoms with Gasteiger partial charge in [0.05, 0.1) is 26.5 Å². The fraction of sp³-hybridized carbons (Fsp3) is 0.156. The molecule has 0 amide bonds. The van der Waals surface area contributed by atoms with E-state index in [-0.39, 0.29) is 33.8 Å². The molecule has 0 aliphatic rings. The van der Waals surface area contributed by atoms with Gasteiger partial charge in [-0.25, -0.2) is 21.6 Å². The Morgan fingerprint density at radius 1 is 0.541 bits per heavy atom. The van der Waals surface area contributed by atoms with Crippen molar-refractivity contribution in [1.29, 1.82) is 0 Å². The number of rotatable bonds is 8. The van der Waals surface area contributed by atoms with Crippen LogP contribution in [0.1, 0.15) is 48.5 Å². The van der Waals surface area contributed by atoms with Crippen LogP contribution in [0.5, 0.6) is 0 Å².